The first-order chi connectivity index (χ1) is 9.81. The molecule has 2 N–H and O–H groups in total. The molecule has 0 radical (unpaired) electrons. The van der Waals surface area contributed by atoms with Gasteiger partial charge in [0.1, 0.15) is 11.1 Å². The quantitative estimate of drug-likeness (QED) is 0.808. The van der Waals surface area contributed by atoms with Crippen LogP contribution in [0.3, 0.4) is 0 Å². The molecule has 7 nitrogen and oxygen atoms in total. The summed E-state index contributed by atoms with van der Waals surface area (Å²) in [6.45, 7) is 8.53. The third-order valence-electron chi connectivity index (χ3n) is 4.27. The molecule has 0 aromatic carbocycles. The van der Waals surface area contributed by atoms with Crippen LogP contribution < -0.4 is 10.0 Å². The Bertz CT molecular complexity index is 603. The van der Waals surface area contributed by atoms with Crippen molar-refractivity contribution in [3.05, 3.63) is 0 Å². The summed E-state index contributed by atoms with van der Waals surface area (Å²) in [5, 5.41) is 2.53. The van der Waals surface area contributed by atoms with E-state index in [-0.39, 0.29) is 5.92 Å². The van der Waals surface area contributed by atoms with Gasteiger partial charge in [0.25, 0.3) is 5.91 Å². The lowest BCUT2D eigenvalue weighted by atomic mass is 10.2. The summed E-state index contributed by atoms with van der Waals surface area (Å²) in [6, 6.07) is 0. The van der Waals surface area contributed by atoms with E-state index in [1.54, 1.807) is 34.6 Å². The van der Waals surface area contributed by atoms with Crippen LogP contribution in [0.25, 0.3) is 0 Å². The van der Waals surface area contributed by atoms with Gasteiger partial charge in [0.05, 0.1) is 4.75 Å². The van der Waals surface area contributed by atoms with Crippen molar-refractivity contribution in [2.45, 2.75) is 69.8 Å². The maximum Gasteiger partial charge on any atom is 0.408 e. The van der Waals surface area contributed by atoms with Crippen LogP contribution in [0.1, 0.15) is 53.9 Å². The first-order valence-corrected chi connectivity index (χ1v) is 8.88. The van der Waals surface area contributed by atoms with Crippen LogP contribution >= 0.6 is 0 Å². The molecule has 0 heterocycles. The SMILES string of the molecule is CC1CC1(NC(=O)OC(C)(C)C)C(=O)NS(=O)(=O)C1(C)CC1. The number of nitrogens with one attached hydrogen (secondary N) is 2. The molecule has 0 spiro atoms. The zero-order valence-corrected chi connectivity index (χ0v) is 14.5. The van der Waals surface area contributed by atoms with E-state index in [0.29, 0.717) is 19.3 Å². The van der Waals surface area contributed by atoms with E-state index in [9.17, 15) is 18.0 Å². The van der Waals surface area contributed by atoms with Gasteiger partial charge in [-0.05, 0) is 52.9 Å². The molecule has 0 saturated heterocycles. The van der Waals surface area contributed by atoms with E-state index in [1.165, 1.54) is 0 Å². The summed E-state index contributed by atoms with van der Waals surface area (Å²) in [5.41, 5.74) is -1.88. The maximum absolute atomic E-state index is 12.4. The number of rotatable bonds is 4. The average Bonchev–Trinajstić information content (AvgIpc) is 3.16. The molecule has 2 aliphatic rings. The molecule has 0 aliphatic heterocycles. The Kier molecular flexibility index (Phi) is 3.75. The van der Waals surface area contributed by atoms with Crippen LogP contribution in [0, 0.1) is 5.92 Å². The summed E-state index contributed by atoms with van der Waals surface area (Å²) < 4.78 is 30.7. The fourth-order valence-electron chi connectivity index (χ4n) is 2.24. The van der Waals surface area contributed by atoms with Crippen molar-refractivity contribution >= 4 is 22.0 Å². The molecule has 2 amide bonds. The Morgan fingerprint density at radius 3 is 2.09 bits per heavy atom. The second kappa shape index (κ2) is 4.84. The van der Waals surface area contributed by atoms with E-state index in [2.05, 4.69) is 10.0 Å². The fraction of sp³-hybridized carbons (Fsp3) is 0.857. The lowest BCUT2D eigenvalue weighted by Crippen LogP contribution is -2.54. The highest BCUT2D eigenvalue weighted by Gasteiger charge is 2.61. The van der Waals surface area contributed by atoms with E-state index in [0.717, 1.165) is 0 Å². The molecule has 2 unspecified atom stereocenters. The van der Waals surface area contributed by atoms with Gasteiger partial charge in [-0.1, -0.05) is 6.92 Å². The van der Waals surface area contributed by atoms with Gasteiger partial charge in [-0.25, -0.2) is 13.2 Å². The molecule has 2 rings (SSSR count). The molecule has 0 bridgehead atoms. The minimum absolute atomic E-state index is 0.137. The van der Waals surface area contributed by atoms with Crippen molar-refractivity contribution in [2.24, 2.45) is 5.92 Å². The molecule has 8 heteroatoms. The van der Waals surface area contributed by atoms with Crippen LogP contribution in [0.2, 0.25) is 0 Å². The van der Waals surface area contributed by atoms with Gasteiger partial charge in [-0.2, -0.15) is 0 Å². The molecule has 2 fully saturated rings. The molecule has 0 aromatic rings. The van der Waals surface area contributed by atoms with E-state index >= 15 is 0 Å². The highest BCUT2D eigenvalue weighted by molar-refractivity contribution is 7.91. The zero-order valence-electron chi connectivity index (χ0n) is 13.6. The van der Waals surface area contributed by atoms with Crippen molar-refractivity contribution in [1.82, 2.24) is 10.0 Å². The Morgan fingerprint density at radius 2 is 1.73 bits per heavy atom. The number of carbonyl (C=O) groups excluding carboxylic acids is 2. The van der Waals surface area contributed by atoms with Crippen LogP contribution in [-0.4, -0.2) is 36.3 Å². The first kappa shape index (κ1) is 17.1. The van der Waals surface area contributed by atoms with Gasteiger partial charge in [-0.3, -0.25) is 9.52 Å². The number of alkyl carbamates (subject to hydrolysis) is 1. The lowest BCUT2D eigenvalue weighted by molar-refractivity contribution is -0.122. The topological polar surface area (TPSA) is 102 Å². The Balaban J connectivity index is 2.05. The van der Waals surface area contributed by atoms with Crippen molar-refractivity contribution in [1.29, 1.82) is 0 Å². The largest absolute Gasteiger partial charge is 0.444 e. The summed E-state index contributed by atoms with van der Waals surface area (Å²) >= 11 is 0. The van der Waals surface area contributed by atoms with E-state index in [4.69, 9.17) is 4.74 Å². The van der Waals surface area contributed by atoms with Gasteiger partial charge in [-0.15, -0.1) is 0 Å². The predicted octanol–water partition coefficient (Wildman–Crippen LogP) is 1.29. The Labute approximate surface area is 131 Å². The number of sulfonamides is 1. The second-order valence-electron chi connectivity index (χ2n) is 7.59. The highest BCUT2D eigenvalue weighted by Crippen LogP contribution is 2.46. The van der Waals surface area contributed by atoms with E-state index < -0.39 is 37.9 Å². The average molecular weight is 332 g/mol. The number of hydrogen-bond donors (Lipinski definition) is 2. The van der Waals surface area contributed by atoms with Gasteiger partial charge in [0.15, 0.2) is 0 Å². The summed E-state index contributed by atoms with van der Waals surface area (Å²) in [6.07, 6.45) is 0.752. The standard InChI is InChI=1S/C14H24N2O5S/c1-9-8-14(9,15-11(18)21-12(2,3)4)10(17)16-22(19,20)13(5)6-7-13/h9H,6-8H2,1-5H3,(H,15,18)(H,16,17). The molecule has 2 aliphatic carbocycles. The molecule has 0 aromatic heterocycles. The van der Waals surface area contributed by atoms with Crippen molar-refractivity contribution in [2.75, 3.05) is 0 Å². The Hall–Kier alpha value is -1.31. The smallest absolute Gasteiger partial charge is 0.408 e. The number of hydrogen-bond acceptors (Lipinski definition) is 5. The van der Waals surface area contributed by atoms with E-state index in [1.807, 2.05) is 0 Å². The first-order valence-electron chi connectivity index (χ1n) is 7.39. The van der Waals surface area contributed by atoms with Crippen molar-refractivity contribution in [3.8, 4) is 0 Å². The lowest BCUT2D eigenvalue weighted by Gasteiger charge is -2.24. The van der Waals surface area contributed by atoms with Crippen LogP contribution in [0.15, 0.2) is 0 Å². The van der Waals surface area contributed by atoms with Gasteiger partial charge in [0.2, 0.25) is 10.0 Å². The van der Waals surface area contributed by atoms with Crippen LogP contribution in [0.5, 0.6) is 0 Å². The number of carbonyl (C=O) groups is 2. The molecule has 2 saturated carbocycles. The summed E-state index contributed by atoms with van der Waals surface area (Å²) in [4.78, 5) is 24.2. The minimum atomic E-state index is -3.72. The molecule has 22 heavy (non-hydrogen) atoms. The normalized spacial score (nSPS) is 29.4. The Morgan fingerprint density at radius 1 is 1.23 bits per heavy atom. The summed E-state index contributed by atoms with van der Waals surface area (Å²) in [5.74, 6) is -0.818. The number of amides is 2. The van der Waals surface area contributed by atoms with Gasteiger partial charge in [0, 0.05) is 0 Å². The van der Waals surface area contributed by atoms with Crippen molar-refractivity contribution < 1.29 is 22.7 Å². The van der Waals surface area contributed by atoms with Gasteiger partial charge >= 0.3 is 6.09 Å². The molecular weight excluding hydrogens is 308 g/mol. The molecular formula is C14H24N2O5S. The molecule has 2 atom stereocenters. The second-order valence-corrected chi connectivity index (χ2v) is 9.78. The minimum Gasteiger partial charge on any atom is -0.444 e. The highest BCUT2D eigenvalue weighted by atomic mass is 32.2. The number of ether oxygens (including phenoxy) is 1. The van der Waals surface area contributed by atoms with Crippen LogP contribution in [0.4, 0.5) is 4.79 Å². The van der Waals surface area contributed by atoms with Gasteiger partial charge < -0.3 is 10.1 Å². The third kappa shape index (κ3) is 3.21. The van der Waals surface area contributed by atoms with Crippen molar-refractivity contribution in [3.63, 3.8) is 0 Å². The predicted molar refractivity (Wildman–Crippen MR) is 80.6 cm³/mol. The third-order valence-corrected chi connectivity index (χ3v) is 6.43. The molecule has 126 valence electrons. The van der Waals surface area contributed by atoms with Crippen LogP contribution in [-0.2, 0) is 19.6 Å². The zero-order chi connectivity index (χ0) is 17.0. The monoisotopic (exact) mass is 332 g/mol. The fourth-order valence-corrected chi connectivity index (χ4v) is 3.55. The summed E-state index contributed by atoms with van der Waals surface area (Å²) in [7, 11) is -3.72. The maximum atomic E-state index is 12.4.